The number of hydrogen-bond acceptors (Lipinski definition) is 4. The van der Waals surface area contributed by atoms with Gasteiger partial charge in [-0.15, -0.1) is 24.0 Å². The van der Waals surface area contributed by atoms with Crippen LogP contribution < -0.4 is 20.5 Å². The highest BCUT2D eigenvalue weighted by atomic mass is 127. The van der Waals surface area contributed by atoms with Gasteiger partial charge in [0, 0.05) is 25.5 Å². The van der Waals surface area contributed by atoms with Crippen molar-refractivity contribution in [3.8, 4) is 11.5 Å². The Morgan fingerprint density at radius 1 is 1.12 bits per heavy atom. The predicted octanol–water partition coefficient (Wildman–Crippen LogP) is 2.41. The first-order valence-corrected chi connectivity index (χ1v) is 7.86. The van der Waals surface area contributed by atoms with Gasteiger partial charge in [-0.3, -0.25) is 9.98 Å². The molecule has 0 saturated heterocycles. The second-order valence-corrected chi connectivity index (χ2v) is 5.24. The summed E-state index contributed by atoms with van der Waals surface area (Å²) in [7, 11) is 3.25. The van der Waals surface area contributed by atoms with Crippen LogP contribution in [0.3, 0.4) is 0 Å². The second kappa shape index (κ2) is 11.5. The monoisotopic (exact) mass is 456 g/mol. The summed E-state index contributed by atoms with van der Waals surface area (Å²) in [6, 6.07) is 9.83. The lowest BCUT2D eigenvalue weighted by molar-refractivity contribution is 0.354. The molecule has 1 aromatic heterocycles. The maximum absolute atomic E-state index is 5.88. The maximum atomic E-state index is 5.88. The standard InChI is InChI=1S/C18H24N4O2.HI/c1-23-16-6-5-14(12-17(16)24-2)7-10-21-18(19)22-11-8-15-4-3-9-20-13-15;/h3-6,9,12-13H,7-8,10-11H2,1-2H3,(H3,19,21,22);1H. The van der Waals surface area contributed by atoms with Crippen LogP contribution in [0, 0.1) is 0 Å². The number of aliphatic imine (C=N–C) groups is 1. The highest BCUT2D eigenvalue weighted by Crippen LogP contribution is 2.27. The van der Waals surface area contributed by atoms with Gasteiger partial charge in [0.05, 0.1) is 14.2 Å². The summed E-state index contributed by atoms with van der Waals surface area (Å²) in [4.78, 5) is 8.43. The van der Waals surface area contributed by atoms with Crippen LogP contribution in [-0.4, -0.2) is 38.3 Å². The Morgan fingerprint density at radius 3 is 2.60 bits per heavy atom. The topological polar surface area (TPSA) is 81.8 Å². The first-order valence-electron chi connectivity index (χ1n) is 7.86. The van der Waals surface area contributed by atoms with Crippen LogP contribution in [0.25, 0.3) is 0 Å². The number of benzene rings is 1. The lowest BCUT2D eigenvalue weighted by Crippen LogP contribution is -2.33. The lowest BCUT2D eigenvalue weighted by atomic mass is 10.1. The fourth-order valence-corrected chi connectivity index (χ4v) is 2.28. The average Bonchev–Trinajstić information content (AvgIpc) is 2.62. The molecular weight excluding hydrogens is 431 g/mol. The van der Waals surface area contributed by atoms with Gasteiger partial charge in [0.1, 0.15) is 0 Å². The normalized spacial score (nSPS) is 10.7. The van der Waals surface area contributed by atoms with Gasteiger partial charge in [-0.05, 0) is 42.2 Å². The van der Waals surface area contributed by atoms with Crippen molar-refractivity contribution in [1.29, 1.82) is 0 Å². The van der Waals surface area contributed by atoms with E-state index in [-0.39, 0.29) is 24.0 Å². The summed E-state index contributed by atoms with van der Waals surface area (Å²) in [6.45, 7) is 1.35. The fraction of sp³-hybridized carbons (Fsp3) is 0.333. The van der Waals surface area contributed by atoms with E-state index in [1.165, 1.54) is 5.56 Å². The van der Waals surface area contributed by atoms with E-state index in [9.17, 15) is 0 Å². The summed E-state index contributed by atoms with van der Waals surface area (Å²) in [5.41, 5.74) is 8.18. The van der Waals surface area contributed by atoms with Gasteiger partial charge in [-0.2, -0.15) is 0 Å². The third kappa shape index (κ3) is 7.16. The number of guanidine groups is 1. The predicted molar refractivity (Wildman–Crippen MR) is 111 cm³/mol. The molecule has 0 radical (unpaired) electrons. The molecule has 7 heteroatoms. The number of rotatable bonds is 8. The fourth-order valence-electron chi connectivity index (χ4n) is 2.28. The molecule has 3 N–H and O–H groups in total. The van der Waals surface area contributed by atoms with E-state index < -0.39 is 0 Å². The van der Waals surface area contributed by atoms with E-state index in [2.05, 4.69) is 15.3 Å². The maximum Gasteiger partial charge on any atom is 0.188 e. The summed E-state index contributed by atoms with van der Waals surface area (Å²) in [5.74, 6) is 1.90. The number of nitrogens with two attached hydrogens (primary N) is 1. The number of ether oxygens (including phenoxy) is 2. The van der Waals surface area contributed by atoms with Gasteiger partial charge in [-0.1, -0.05) is 12.1 Å². The van der Waals surface area contributed by atoms with Gasteiger partial charge in [0.15, 0.2) is 17.5 Å². The van der Waals surface area contributed by atoms with Crippen LogP contribution in [0.4, 0.5) is 0 Å². The zero-order chi connectivity index (χ0) is 17.2. The van der Waals surface area contributed by atoms with Crippen molar-refractivity contribution in [3.63, 3.8) is 0 Å². The van der Waals surface area contributed by atoms with Crippen LogP contribution >= 0.6 is 24.0 Å². The number of aromatic nitrogens is 1. The number of pyridine rings is 1. The molecule has 0 fully saturated rings. The number of nitrogens with zero attached hydrogens (tertiary/aromatic N) is 2. The highest BCUT2D eigenvalue weighted by molar-refractivity contribution is 14.0. The van der Waals surface area contributed by atoms with Crippen LogP contribution in [0.2, 0.25) is 0 Å². The van der Waals surface area contributed by atoms with Crippen molar-refractivity contribution >= 4 is 29.9 Å². The third-order valence-electron chi connectivity index (χ3n) is 3.57. The van der Waals surface area contributed by atoms with E-state index in [1.54, 1.807) is 20.4 Å². The minimum absolute atomic E-state index is 0. The van der Waals surface area contributed by atoms with Crippen LogP contribution in [0.15, 0.2) is 47.7 Å². The molecule has 2 rings (SSSR count). The van der Waals surface area contributed by atoms with Crippen molar-refractivity contribution in [2.75, 3.05) is 27.3 Å². The van der Waals surface area contributed by atoms with Gasteiger partial charge in [-0.25, -0.2) is 0 Å². The Kier molecular flexibility index (Phi) is 9.68. The zero-order valence-electron chi connectivity index (χ0n) is 14.6. The molecule has 0 atom stereocenters. The third-order valence-corrected chi connectivity index (χ3v) is 3.57. The Balaban J connectivity index is 0.00000312. The highest BCUT2D eigenvalue weighted by Gasteiger charge is 2.04. The Labute approximate surface area is 165 Å². The van der Waals surface area contributed by atoms with E-state index in [4.69, 9.17) is 15.2 Å². The molecule has 0 aliphatic rings. The Hall–Kier alpha value is -2.03. The molecule has 1 heterocycles. The number of nitrogens with one attached hydrogen (secondary N) is 1. The van der Waals surface area contributed by atoms with Crippen molar-refractivity contribution < 1.29 is 9.47 Å². The molecular formula is C18H25IN4O2. The molecule has 0 spiro atoms. The van der Waals surface area contributed by atoms with Gasteiger partial charge >= 0.3 is 0 Å². The minimum atomic E-state index is 0. The van der Waals surface area contributed by atoms with E-state index in [0.717, 1.165) is 36.4 Å². The largest absolute Gasteiger partial charge is 0.493 e. The molecule has 136 valence electrons. The molecule has 0 unspecified atom stereocenters. The SMILES string of the molecule is COc1ccc(CCN=C(N)NCCc2cccnc2)cc1OC.I. The van der Waals surface area contributed by atoms with E-state index in [1.807, 2.05) is 36.5 Å². The second-order valence-electron chi connectivity index (χ2n) is 5.24. The molecule has 25 heavy (non-hydrogen) atoms. The zero-order valence-corrected chi connectivity index (χ0v) is 16.9. The summed E-state index contributed by atoms with van der Waals surface area (Å²) < 4.78 is 10.5. The average molecular weight is 456 g/mol. The molecule has 0 aliphatic carbocycles. The molecule has 6 nitrogen and oxygen atoms in total. The molecule has 2 aromatic rings. The Bertz CT molecular complexity index is 665. The molecule has 0 aliphatic heterocycles. The lowest BCUT2D eigenvalue weighted by Gasteiger charge is -2.09. The first-order chi connectivity index (χ1) is 11.7. The summed E-state index contributed by atoms with van der Waals surface area (Å²) in [6.07, 6.45) is 5.26. The van der Waals surface area contributed by atoms with Crippen molar-refractivity contribution in [3.05, 3.63) is 53.9 Å². The molecule has 0 bridgehead atoms. The van der Waals surface area contributed by atoms with E-state index in [0.29, 0.717) is 12.5 Å². The smallest absolute Gasteiger partial charge is 0.188 e. The van der Waals surface area contributed by atoms with Crippen molar-refractivity contribution in [1.82, 2.24) is 10.3 Å². The van der Waals surface area contributed by atoms with Gasteiger partial charge in [0.2, 0.25) is 0 Å². The Morgan fingerprint density at radius 2 is 1.92 bits per heavy atom. The van der Waals surface area contributed by atoms with Crippen molar-refractivity contribution in [2.45, 2.75) is 12.8 Å². The molecule has 0 amide bonds. The molecule has 1 aromatic carbocycles. The summed E-state index contributed by atoms with van der Waals surface area (Å²) >= 11 is 0. The van der Waals surface area contributed by atoms with Gasteiger partial charge in [0.25, 0.3) is 0 Å². The van der Waals surface area contributed by atoms with Crippen LogP contribution in [0.5, 0.6) is 11.5 Å². The first kappa shape index (κ1) is 21.0. The quantitative estimate of drug-likeness (QED) is 0.362. The van der Waals surface area contributed by atoms with E-state index >= 15 is 0 Å². The summed E-state index contributed by atoms with van der Waals surface area (Å²) in [5, 5.41) is 3.11. The van der Waals surface area contributed by atoms with Crippen LogP contribution in [-0.2, 0) is 12.8 Å². The number of hydrogen-bond donors (Lipinski definition) is 2. The van der Waals surface area contributed by atoms with Crippen molar-refractivity contribution in [2.24, 2.45) is 10.7 Å². The molecule has 0 saturated carbocycles. The number of halogens is 1. The number of methoxy groups -OCH3 is 2. The minimum Gasteiger partial charge on any atom is -0.493 e. The van der Waals surface area contributed by atoms with Gasteiger partial charge < -0.3 is 20.5 Å². The van der Waals surface area contributed by atoms with Crippen LogP contribution in [0.1, 0.15) is 11.1 Å².